The van der Waals surface area contributed by atoms with E-state index < -0.39 is 0 Å². The van der Waals surface area contributed by atoms with Crippen LogP contribution in [-0.4, -0.2) is 11.8 Å². The van der Waals surface area contributed by atoms with Crippen LogP contribution < -0.4 is 16.2 Å². The van der Waals surface area contributed by atoms with Crippen LogP contribution in [-0.2, 0) is 21.7 Å². The molecule has 360 valence electrons. The highest BCUT2D eigenvalue weighted by molar-refractivity contribution is 6.73. The highest BCUT2D eigenvalue weighted by Gasteiger charge is 2.40. The second-order valence-corrected chi connectivity index (χ2v) is 24.6. The van der Waals surface area contributed by atoms with Crippen LogP contribution in [0.5, 0.6) is 0 Å². The van der Waals surface area contributed by atoms with Gasteiger partial charge >= 0.3 is 0 Å². The molecule has 0 atom stereocenters. The molecule has 2 aliphatic carbocycles. The van der Waals surface area contributed by atoms with Gasteiger partial charge in [-0.3, -0.25) is 0 Å². The molecule has 4 heteroatoms. The molecule has 3 aliphatic rings. The molecule has 0 saturated carbocycles. The SMILES string of the molecule is CC(C)(C)c1ccc(Nc2cc3c(cc2-c2ccc4c5cc6c(cc5n5c4c2Bc2cc4oc(-c7ccccc7)c(-c7ccccc7)c4cc2-5)-c2ccccc2C6(C)C)-c2ccc(C(C)(C)C)cc2C3(C)C)cc1. The largest absolute Gasteiger partial charge is 0.455 e. The summed E-state index contributed by atoms with van der Waals surface area (Å²) >= 11 is 0. The zero-order chi connectivity index (χ0) is 50.8. The van der Waals surface area contributed by atoms with Crippen LogP contribution in [0, 0.1) is 0 Å². The number of nitrogens with zero attached hydrogens (tertiary/aromatic N) is 1. The Morgan fingerprint density at radius 1 is 0.473 bits per heavy atom. The molecule has 1 aliphatic heterocycles. The van der Waals surface area contributed by atoms with Gasteiger partial charge in [0.15, 0.2) is 7.28 Å². The number of fused-ring (bicyclic) bond motifs is 12. The van der Waals surface area contributed by atoms with Crippen LogP contribution in [0.2, 0.25) is 0 Å². The Bertz CT molecular complexity index is 4170. The summed E-state index contributed by atoms with van der Waals surface area (Å²) in [6, 6.07) is 66.5. The summed E-state index contributed by atoms with van der Waals surface area (Å²) in [7, 11) is 0.748. The third-order valence-corrected chi connectivity index (χ3v) is 17.3. The molecule has 0 amide bonds. The average Bonchev–Trinajstić information content (AvgIpc) is 4.08. The van der Waals surface area contributed by atoms with Crippen LogP contribution in [0.4, 0.5) is 11.4 Å². The maximum absolute atomic E-state index is 7.10. The normalized spacial score (nSPS) is 14.7. The summed E-state index contributed by atoms with van der Waals surface area (Å²) in [6.07, 6.45) is 0. The first-order valence-electron chi connectivity index (χ1n) is 26.6. The van der Waals surface area contributed by atoms with E-state index in [1.54, 1.807) is 0 Å². The van der Waals surface area contributed by atoms with Gasteiger partial charge in [-0.05, 0) is 132 Å². The van der Waals surface area contributed by atoms with Crippen molar-refractivity contribution in [2.75, 3.05) is 5.32 Å². The Balaban J connectivity index is 1.06. The highest BCUT2D eigenvalue weighted by atomic mass is 16.3. The number of benzene rings is 9. The molecular formula is C70H61BN2O. The number of nitrogens with one attached hydrogen (secondary N) is 1. The minimum atomic E-state index is -0.195. The molecule has 0 spiro atoms. The molecule has 3 nitrogen and oxygen atoms in total. The number of anilines is 2. The summed E-state index contributed by atoms with van der Waals surface area (Å²) in [5.41, 5.74) is 28.5. The predicted octanol–water partition coefficient (Wildman–Crippen LogP) is 17.2. The lowest BCUT2D eigenvalue weighted by atomic mass is 9.59. The summed E-state index contributed by atoms with van der Waals surface area (Å²) in [5, 5.41) is 7.74. The summed E-state index contributed by atoms with van der Waals surface area (Å²) in [5.74, 6) is 0.897. The number of furan rings is 1. The zero-order valence-corrected chi connectivity index (χ0v) is 44.3. The number of rotatable bonds is 5. The standard InChI is InChI=1S/C70H61BN2O/c1-67(2,3)42-25-28-44(29-26-42)72-59-38-57-49(46-30-27-43(68(4,5)6)33-55(46)70(57,9)10)34-51(59)47-31-32-48-52-35-56-50(45-23-17-18-24-54(45)69(56,7)8)36-60(52)73-61-37-53-62(39-58(61)71-64(47)65(48)73)74-66(41-21-15-12-16-22-41)63(53)40-19-13-11-14-20-40/h11-39,71-72H,1-10H3. The molecule has 2 aromatic heterocycles. The summed E-state index contributed by atoms with van der Waals surface area (Å²) in [6.45, 7) is 23.4. The van der Waals surface area contributed by atoms with Gasteiger partial charge in [0.25, 0.3) is 0 Å². The van der Waals surface area contributed by atoms with Crippen LogP contribution >= 0.6 is 0 Å². The van der Waals surface area contributed by atoms with E-state index >= 15 is 0 Å². The summed E-state index contributed by atoms with van der Waals surface area (Å²) in [4.78, 5) is 0. The van der Waals surface area contributed by atoms with E-state index in [1.165, 1.54) is 105 Å². The lowest BCUT2D eigenvalue weighted by Crippen LogP contribution is -2.37. The minimum absolute atomic E-state index is 0.0382. The second kappa shape index (κ2) is 15.4. The maximum atomic E-state index is 7.10. The number of aromatic nitrogens is 1. The molecule has 0 fully saturated rings. The molecule has 11 aromatic rings. The van der Waals surface area contributed by atoms with Gasteiger partial charge in [0.2, 0.25) is 0 Å². The molecule has 74 heavy (non-hydrogen) atoms. The molecule has 9 aromatic carbocycles. The van der Waals surface area contributed by atoms with E-state index in [2.05, 4.69) is 255 Å². The van der Waals surface area contributed by atoms with Crippen molar-refractivity contribution in [3.63, 3.8) is 0 Å². The fraction of sp³-hybridized carbons (Fsp3) is 0.200. The Labute approximate surface area is 436 Å². The third kappa shape index (κ3) is 6.46. The smallest absolute Gasteiger partial charge is 0.198 e. The van der Waals surface area contributed by atoms with Gasteiger partial charge < -0.3 is 14.3 Å². The minimum Gasteiger partial charge on any atom is -0.455 e. The van der Waals surface area contributed by atoms with Crippen molar-refractivity contribution in [2.24, 2.45) is 0 Å². The Morgan fingerprint density at radius 3 is 1.81 bits per heavy atom. The topological polar surface area (TPSA) is 30.1 Å². The summed E-state index contributed by atoms with van der Waals surface area (Å²) < 4.78 is 9.72. The monoisotopic (exact) mass is 956 g/mol. The van der Waals surface area contributed by atoms with Crippen LogP contribution in [0.3, 0.4) is 0 Å². The van der Waals surface area contributed by atoms with Crippen molar-refractivity contribution < 1.29 is 4.42 Å². The fourth-order valence-corrected chi connectivity index (χ4v) is 13.2. The molecule has 0 unspecified atom stereocenters. The average molecular weight is 957 g/mol. The van der Waals surface area contributed by atoms with Gasteiger partial charge in [0.05, 0.1) is 5.52 Å². The van der Waals surface area contributed by atoms with Crippen molar-refractivity contribution in [3.8, 4) is 61.5 Å². The van der Waals surface area contributed by atoms with Crippen LogP contribution in [0.1, 0.15) is 103 Å². The van der Waals surface area contributed by atoms with Crippen LogP contribution in [0.15, 0.2) is 180 Å². The number of hydrogen-bond donors (Lipinski definition) is 1. The predicted molar refractivity (Wildman–Crippen MR) is 316 cm³/mol. The Morgan fingerprint density at radius 2 is 1.08 bits per heavy atom. The maximum Gasteiger partial charge on any atom is 0.198 e. The third-order valence-electron chi connectivity index (χ3n) is 17.3. The first kappa shape index (κ1) is 44.9. The second-order valence-electron chi connectivity index (χ2n) is 24.6. The first-order chi connectivity index (χ1) is 35.4. The van der Waals surface area contributed by atoms with Crippen LogP contribution in [0.25, 0.3) is 94.3 Å². The van der Waals surface area contributed by atoms with E-state index in [1.807, 2.05) is 0 Å². The van der Waals surface area contributed by atoms with Crippen molar-refractivity contribution in [1.29, 1.82) is 0 Å². The van der Waals surface area contributed by atoms with Crippen molar-refractivity contribution in [1.82, 2.24) is 4.57 Å². The fourth-order valence-electron chi connectivity index (χ4n) is 13.2. The van der Waals surface area contributed by atoms with Gasteiger partial charge in [0, 0.05) is 66.3 Å². The van der Waals surface area contributed by atoms with Gasteiger partial charge in [-0.15, -0.1) is 0 Å². The molecule has 14 rings (SSSR count). The zero-order valence-electron chi connectivity index (χ0n) is 44.3. The van der Waals surface area contributed by atoms with Gasteiger partial charge in [-0.2, -0.15) is 0 Å². The van der Waals surface area contributed by atoms with Crippen molar-refractivity contribution in [3.05, 3.63) is 209 Å². The Kier molecular flexibility index (Phi) is 9.32. The van der Waals surface area contributed by atoms with E-state index in [4.69, 9.17) is 4.42 Å². The quantitative estimate of drug-likeness (QED) is 0.174. The van der Waals surface area contributed by atoms with E-state index in [9.17, 15) is 0 Å². The van der Waals surface area contributed by atoms with Crippen molar-refractivity contribution >= 4 is 62.4 Å². The van der Waals surface area contributed by atoms with E-state index in [-0.39, 0.29) is 21.7 Å². The van der Waals surface area contributed by atoms with E-state index in [0.717, 1.165) is 52.1 Å². The molecule has 3 heterocycles. The highest BCUT2D eigenvalue weighted by Crippen LogP contribution is 2.55. The molecular weight excluding hydrogens is 896 g/mol. The van der Waals surface area contributed by atoms with Gasteiger partial charge in [-0.25, -0.2) is 0 Å². The van der Waals surface area contributed by atoms with Gasteiger partial charge in [-0.1, -0.05) is 202 Å². The lowest BCUT2D eigenvalue weighted by Gasteiger charge is -2.27. The Hall–Kier alpha value is -7.82. The van der Waals surface area contributed by atoms with Gasteiger partial charge in [0.1, 0.15) is 11.3 Å². The molecule has 0 saturated heterocycles. The van der Waals surface area contributed by atoms with E-state index in [0.29, 0.717) is 0 Å². The number of hydrogen-bond acceptors (Lipinski definition) is 2. The first-order valence-corrected chi connectivity index (χ1v) is 26.6. The lowest BCUT2D eigenvalue weighted by molar-refractivity contribution is 0.584. The molecule has 1 N–H and O–H groups in total. The molecule has 0 bridgehead atoms. The molecule has 0 radical (unpaired) electrons. The van der Waals surface area contributed by atoms with Crippen molar-refractivity contribution in [2.45, 2.75) is 90.9 Å².